The number of hydrogen-bond acceptors (Lipinski definition) is 4. The topological polar surface area (TPSA) is 74.8 Å². The van der Waals surface area contributed by atoms with E-state index in [1.165, 1.54) is 11.1 Å². The van der Waals surface area contributed by atoms with Crippen LogP contribution in [0, 0.1) is 18.3 Å². The third kappa shape index (κ3) is 3.54. The Bertz CT molecular complexity index is 1330. The largest absolute Gasteiger partial charge is 0.306 e. The molecule has 5 rings (SSSR count). The molecule has 0 saturated carbocycles. The molecular weight excluding hydrogens is 398 g/mol. The fourth-order valence-electron chi connectivity index (χ4n) is 4.21. The predicted molar refractivity (Wildman–Crippen MR) is 122 cm³/mol. The number of pyridine rings is 1. The second-order valence-corrected chi connectivity index (χ2v) is 7.94. The standard InChI is InChI=1S/C26H21N5O/c1-18-13-20-8-11-31(25-21(16-27)3-2-9-29-25)26(32)24(20)15-22(18)14-19-4-6-23(7-5-19)30-12-10-28-17-30/h2-7,9-10,12-13,15,17H,8,11,14H2,1H3. The lowest BCUT2D eigenvalue weighted by Crippen LogP contribution is -2.38. The second-order valence-electron chi connectivity index (χ2n) is 7.94. The Morgan fingerprint density at radius 1 is 1.12 bits per heavy atom. The lowest BCUT2D eigenvalue weighted by Gasteiger charge is -2.29. The minimum atomic E-state index is -0.0989. The van der Waals surface area contributed by atoms with E-state index in [1.54, 1.807) is 35.8 Å². The van der Waals surface area contributed by atoms with Crippen molar-refractivity contribution in [2.45, 2.75) is 19.8 Å². The number of benzene rings is 2. The first kappa shape index (κ1) is 19.7. The van der Waals surface area contributed by atoms with Gasteiger partial charge >= 0.3 is 0 Å². The minimum absolute atomic E-state index is 0.0989. The summed E-state index contributed by atoms with van der Waals surface area (Å²) in [4.78, 5) is 23.4. The molecule has 1 aliphatic rings. The maximum absolute atomic E-state index is 13.3. The van der Waals surface area contributed by atoms with Crippen LogP contribution in [0.5, 0.6) is 0 Å². The molecular formula is C26H21N5O. The predicted octanol–water partition coefficient (Wildman–Crippen LogP) is 4.24. The molecule has 2 aromatic heterocycles. The average molecular weight is 419 g/mol. The molecule has 0 radical (unpaired) electrons. The van der Waals surface area contributed by atoms with E-state index >= 15 is 0 Å². The van der Waals surface area contributed by atoms with E-state index in [9.17, 15) is 10.1 Å². The summed E-state index contributed by atoms with van der Waals surface area (Å²) in [6.45, 7) is 2.62. The first-order valence-corrected chi connectivity index (χ1v) is 10.5. The summed E-state index contributed by atoms with van der Waals surface area (Å²) in [6, 6.07) is 18.0. The molecule has 156 valence electrons. The first-order chi connectivity index (χ1) is 15.6. The highest BCUT2D eigenvalue weighted by atomic mass is 16.2. The van der Waals surface area contributed by atoms with Gasteiger partial charge in [0.15, 0.2) is 5.82 Å². The lowest BCUT2D eigenvalue weighted by atomic mass is 9.91. The first-order valence-electron chi connectivity index (χ1n) is 10.5. The Morgan fingerprint density at radius 3 is 2.72 bits per heavy atom. The Hall–Kier alpha value is -4.24. The highest BCUT2D eigenvalue weighted by molar-refractivity contribution is 6.08. The number of amides is 1. The van der Waals surface area contributed by atoms with E-state index in [2.05, 4.69) is 53.3 Å². The number of nitriles is 1. The fourth-order valence-corrected chi connectivity index (χ4v) is 4.21. The number of aryl methyl sites for hydroxylation is 1. The van der Waals surface area contributed by atoms with Crippen LogP contribution >= 0.6 is 0 Å². The summed E-state index contributed by atoms with van der Waals surface area (Å²) in [5.74, 6) is 0.334. The quantitative estimate of drug-likeness (QED) is 0.496. The van der Waals surface area contributed by atoms with Gasteiger partial charge in [-0.2, -0.15) is 5.26 Å². The van der Waals surface area contributed by atoms with Crippen molar-refractivity contribution in [3.8, 4) is 11.8 Å². The molecule has 0 saturated heterocycles. The van der Waals surface area contributed by atoms with Crippen LogP contribution in [0.25, 0.3) is 5.69 Å². The van der Waals surface area contributed by atoms with Crippen LogP contribution in [0.2, 0.25) is 0 Å². The Kier molecular flexibility index (Phi) is 5.00. The van der Waals surface area contributed by atoms with Gasteiger partial charge in [0.05, 0.1) is 11.9 Å². The highest BCUT2D eigenvalue weighted by Gasteiger charge is 2.28. The molecule has 6 nitrogen and oxygen atoms in total. The number of hydrogen-bond donors (Lipinski definition) is 0. The minimum Gasteiger partial charge on any atom is -0.306 e. The third-order valence-electron chi connectivity index (χ3n) is 5.94. The van der Waals surface area contributed by atoms with Gasteiger partial charge in [0, 0.05) is 36.4 Å². The van der Waals surface area contributed by atoms with E-state index in [0.717, 1.165) is 29.7 Å². The molecule has 0 bridgehead atoms. The maximum atomic E-state index is 13.3. The van der Waals surface area contributed by atoms with Gasteiger partial charge in [0.1, 0.15) is 6.07 Å². The van der Waals surface area contributed by atoms with Crippen LogP contribution in [-0.2, 0) is 12.8 Å². The Balaban J connectivity index is 1.44. The van der Waals surface area contributed by atoms with Crippen LogP contribution < -0.4 is 4.90 Å². The van der Waals surface area contributed by atoms with Crippen LogP contribution in [0.3, 0.4) is 0 Å². The van der Waals surface area contributed by atoms with Crippen molar-refractivity contribution in [3.05, 3.63) is 107 Å². The second kappa shape index (κ2) is 8.12. The smallest absolute Gasteiger partial charge is 0.259 e. The number of fused-ring (bicyclic) bond motifs is 1. The number of carbonyl (C=O) groups excluding carboxylic acids is 1. The van der Waals surface area contributed by atoms with Crippen molar-refractivity contribution in [3.63, 3.8) is 0 Å². The van der Waals surface area contributed by atoms with Gasteiger partial charge in [-0.1, -0.05) is 18.2 Å². The molecule has 2 aromatic carbocycles. The van der Waals surface area contributed by atoms with Crippen molar-refractivity contribution in [2.24, 2.45) is 0 Å². The van der Waals surface area contributed by atoms with Gasteiger partial charge < -0.3 is 4.57 Å². The normalized spacial score (nSPS) is 13.0. The van der Waals surface area contributed by atoms with E-state index in [1.807, 2.05) is 16.8 Å². The highest BCUT2D eigenvalue weighted by Crippen LogP contribution is 2.28. The van der Waals surface area contributed by atoms with Gasteiger partial charge in [0.25, 0.3) is 5.91 Å². The van der Waals surface area contributed by atoms with Crippen molar-refractivity contribution in [1.29, 1.82) is 5.26 Å². The van der Waals surface area contributed by atoms with Crippen LogP contribution in [0.15, 0.2) is 73.4 Å². The summed E-state index contributed by atoms with van der Waals surface area (Å²) >= 11 is 0. The van der Waals surface area contributed by atoms with Gasteiger partial charge in [0.2, 0.25) is 0 Å². The van der Waals surface area contributed by atoms with Crippen molar-refractivity contribution < 1.29 is 4.79 Å². The maximum Gasteiger partial charge on any atom is 0.259 e. The van der Waals surface area contributed by atoms with Gasteiger partial charge in [-0.25, -0.2) is 9.97 Å². The number of aromatic nitrogens is 3. The zero-order valence-electron chi connectivity index (χ0n) is 17.7. The lowest BCUT2D eigenvalue weighted by molar-refractivity contribution is 0.0979. The molecule has 4 aromatic rings. The molecule has 1 amide bonds. The average Bonchev–Trinajstić information content (AvgIpc) is 3.36. The van der Waals surface area contributed by atoms with E-state index in [-0.39, 0.29) is 5.91 Å². The molecule has 0 unspecified atom stereocenters. The number of nitrogens with zero attached hydrogens (tertiary/aromatic N) is 5. The van der Waals surface area contributed by atoms with Gasteiger partial charge in [-0.3, -0.25) is 9.69 Å². The molecule has 0 atom stereocenters. The summed E-state index contributed by atoms with van der Waals surface area (Å²) in [5.41, 5.74) is 6.69. The number of rotatable bonds is 4. The third-order valence-corrected chi connectivity index (χ3v) is 5.94. The summed E-state index contributed by atoms with van der Waals surface area (Å²) in [7, 11) is 0. The molecule has 0 spiro atoms. The fraction of sp³-hybridized carbons (Fsp3) is 0.154. The number of imidazole rings is 1. The molecule has 6 heteroatoms. The van der Waals surface area contributed by atoms with Crippen molar-refractivity contribution in [1.82, 2.24) is 14.5 Å². The summed E-state index contributed by atoms with van der Waals surface area (Å²) < 4.78 is 1.97. The Morgan fingerprint density at radius 2 is 1.97 bits per heavy atom. The molecule has 32 heavy (non-hydrogen) atoms. The molecule has 0 N–H and O–H groups in total. The van der Waals surface area contributed by atoms with Crippen LogP contribution in [-0.4, -0.2) is 27.0 Å². The van der Waals surface area contributed by atoms with E-state index < -0.39 is 0 Å². The molecule has 3 heterocycles. The van der Waals surface area contributed by atoms with E-state index in [4.69, 9.17) is 0 Å². The van der Waals surface area contributed by atoms with Crippen molar-refractivity contribution >= 4 is 11.7 Å². The zero-order chi connectivity index (χ0) is 22.1. The SMILES string of the molecule is Cc1cc2c(cc1Cc1ccc(-n3ccnc3)cc1)C(=O)N(c1ncccc1C#N)CC2. The Labute approximate surface area is 186 Å². The number of anilines is 1. The van der Waals surface area contributed by atoms with E-state index in [0.29, 0.717) is 23.5 Å². The van der Waals surface area contributed by atoms with Crippen molar-refractivity contribution in [2.75, 3.05) is 11.4 Å². The molecule has 1 aliphatic heterocycles. The van der Waals surface area contributed by atoms with Crippen LogP contribution in [0.1, 0.15) is 38.2 Å². The van der Waals surface area contributed by atoms with Gasteiger partial charge in [-0.05, 0) is 72.4 Å². The van der Waals surface area contributed by atoms with Crippen LogP contribution in [0.4, 0.5) is 5.82 Å². The zero-order valence-corrected chi connectivity index (χ0v) is 17.7. The van der Waals surface area contributed by atoms with Gasteiger partial charge in [-0.15, -0.1) is 0 Å². The summed E-state index contributed by atoms with van der Waals surface area (Å²) in [5, 5.41) is 9.42. The summed E-state index contributed by atoms with van der Waals surface area (Å²) in [6.07, 6.45) is 8.55. The monoisotopic (exact) mass is 419 g/mol. The molecule has 0 aliphatic carbocycles. The molecule has 0 fully saturated rings. The number of carbonyl (C=O) groups is 1.